The number of nitrogens with two attached hydrogens (primary N) is 1. The van der Waals surface area contributed by atoms with Crippen LogP contribution in [-0.4, -0.2) is 18.2 Å². The Hall–Kier alpha value is -2.07. The highest BCUT2D eigenvalue weighted by atomic mass is 16.6. The molecule has 1 atom stereocenters. The Kier molecular flexibility index (Phi) is 3.32. The third-order valence-corrected chi connectivity index (χ3v) is 3.48. The van der Waals surface area contributed by atoms with Crippen molar-refractivity contribution >= 4 is 0 Å². The van der Waals surface area contributed by atoms with Crippen LogP contribution in [0.2, 0.25) is 0 Å². The minimum Gasteiger partial charge on any atom is -0.486 e. The fraction of sp³-hybridized carbons (Fsp3) is 0.312. The first kappa shape index (κ1) is 12.9. The minimum absolute atomic E-state index is 0.258. The average Bonchev–Trinajstić information content (AvgIpc) is 2.46. The van der Waals surface area contributed by atoms with Crippen LogP contribution in [0.5, 0.6) is 11.5 Å². The molecule has 0 amide bonds. The van der Waals surface area contributed by atoms with E-state index < -0.39 is 0 Å². The molecular weight excluding hydrogens is 252 g/mol. The first-order valence-electron chi connectivity index (χ1n) is 6.73. The second-order valence-corrected chi connectivity index (χ2v) is 5.10. The van der Waals surface area contributed by atoms with Gasteiger partial charge in [0.2, 0.25) is 0 Å². The molecule has 0 spiro atoms. The Morgan fingerprint density at radius 1 is 1.10 bits per heavy atom. The molecule has 0 fully saturated rings. The molecular formula is C16H18N2O2. The molecule has 3 rings (SSSR count). The Balaban J connectivity index is 1.95. The van der Waals surface area contributed by atoms with Crippen LogP contribution in [0.4, 0.5) is 0 Å². The number of nitrogens with zero attached hydrogens (tertiary/aromatic N) is 1. The van der Waals surface area contributed by atoms with Gasteiger partial charge in [0.05, 0.1) is 11.7 Å². The number of fused-ring (bicyclic) bond motifs is 1. The van der Waals surface area contributed by atoms with Crippen molar-refractivity contribution in [2.45, 2.75) is 19.9 Å². The SMILES string of the molecule is Cc1cnc(C(N)c2ccc3c(c2)OCCO3)c(C)c1. The summed E-state index contributed by atoms with van der Waals surface area (Å²) < 4.78 is 11.1. The predicted octanol–water partition coefficient (Wildman–Crippen LogP) is 2.52. The lowest BCUT2D eigenvalue weighted by Crippen LogP contribution is -2.18. The van der Waals surface area contributed by atoms with E-state index in [1.54, 1.807) is 0 Å². The summed E-state index contributed by atoms with van der Waals surface area (Å²) in [6, 6.07) is 7.67. The number of hydrogen-bond donors (Lipinski definition) is 1. The summed E-state index contributed by atoms with van der Waals surface area (Å²) in [6.45, 7) is 5.23. The summed E-state index contributed by atoms with van der Waals surface area (Å²) in [5, 5.41) is 0. The van der Waals surface area contributed by atoms with Crippen molar-refractivity contribution in [3.63, 3.8) is 0 Å². The zero-order valence-corrected chi connectivity index (χ0v) is 11.7. The zero-order valence-electron chi connectivity index (χ0n) is 11.7. The lowest BCUT2D eigenvalue weighted by molar-refractivity contribution is 0.171. The maximum absolute atomic E-state index is 6.34. The Morgan fingerprint density at radius 3 is 2.60 bits per heavy atom. The molecule has 4 nitrogen and oxygen atoms in total. The Morgan fingerprint density at radius 2 is 1.85 bits per heavy atom. The van der Waals surface area contributed by atoms with Gasteiger partial charge in [0.15, 0.2) is 11.5 Å². The van der Waals surface area contributed by atoms with Gasteiger partial charge in [-0.2, -0.15) is 0 Å². The van der Waals surface area contributed by atoms with Gasteiger partial charge < -0.3 is 15.2 Å². The van der Waals surface area contributed by atoms with Crippen LogP contribution in [0.15, 0.2) is 30.5 Å². The fourth-order valence-corrected chi connectivity index (χ4v) is 2.46. The molecule has 0 saturated heterocycles. The van der Waals surface area contributed by atoms with Crippen molar-refractivity contribution in [2.24, 2.45) is 5.73 Å². The number of ether oxygens (including phenoxy) is 2. The summed E-state index contributed by atoms with van der Waals surface area (Å²) >= 11 is 0. The van der Waals surface area contributed by atoms with E-state index >= 15 is 0 Å². The summed E-state index contributed by atoms with van der Waals surface area (Å²) in [4.78, 5) is 4.47. The smallest absolute Gasteiger partial charge is 0.161 e. The molecule has 1 aliphatic rings. The quantitative estimate of drug-likeness (QED) is 0.911. The van der Waals surface area contributed by atoms with Crippen LogP contribution in [0.25, 0.3) is 0 Å². The van der Waals surface area contributed by atoms with Crippen LogP contribution >= 0.6 is 0 Å². The van der Waals surface area contributed by atoms with Gasteiger partial charge in [0, 0.05) is 6.20 Å². The predicted molar refractivity (Wildman–Crippen MR) is 77.2 cm³/mol. The number of pyridine rings is 1. The molecule has 1 unspecified atom stereocenters. The second-order valence-electron chi connectivity index (χ2n) is 5.10. The van der Waals surface area contributed by atoms with E-state index in [4.69, 9.17) is 15.2 Å². The third kappa shape index (κ3) is 2.34. The van der Waals surface area contributed by atoms with Gasteiger partial charge in [0.1, 0.15) is 13.2 Å². The van der Waals surface area contributed by atoms with Crippen molar-refractivity contribution in [1.82, 2.24) is 4.98 Å². The second kappa shape index (κ2) is 5.13. The van der Waals surface area contributed by atoms with E-state index in [2.05, 4.69) is 11.1 Å². The van der Waals surface area contributed by atoms with Crippen molar-refractivity contribution in [3.8, 4) is 11.5 Å². The van der Waals surface area contributed by atoms with Gasteiger partial charge in [-0.3, -0.25) is 4.98 Å². The topological polar surface area (TPSA) is 57.4 Å². The van der Waals surface area contributed by atoms with E-state index in [0.717, 1.165) is 33.9 Å². The van der Waals surface area contributed by atoms with Crippen molar-refractivity contribution in [3.05, 3.63) is 52.8 Å². The number of aryl methyl sites for hydroxylation is 2. The van der Waals surface area contributed by atoms with E-state index in [0.29, 0.717) is 13.2 Å². The zero-order chi connectivity index (χ0) is 14.1. The minimum atomic E-state index is -0.258. The Labute approximate surface area is 118 Å². The van der Waals surface area contributed by atoms with Crippen LogP contribution < -0.4 is 15.2 Å². The monoisotopic (exact) mass is 270 g/mol. The van der Waals surface area contributed by atoms with Crippen LogP contribution in [0.3, 0.4) is 0 Å². The van der Waals surface area contributed by atoms with Gasteiger partial charge in [-0.05, 0) is 42.7 Å². The van der Waals surface area contributed by atoms with Gasteiger partial charge in [0.25, 0.3) is 0 Å². The summed E-state index contributed by atoms with van der Waals surface area (Å²) in [6.07, 6.45) is 1.85. The maximum Gasteiger partial charge on any atom is 0.161 e. The molecule has 1 aromatic heterocycles. The molecule has 20 heavy (non-hydrogen) atoms. The molecule has 0 radical (unpaired) electrons. The van der Waals surface area contributed by atoms with Gasteiger partial charge in [-0.1, -0.05) is 12.1 Å². The summed E-state index contributed by atoms with van der Waals surface area (Å²) in [5.41, 5.74) is 10.5. The Bertz CT molecular complexity index is 640. The standard InChI is InChI=1S/C16H18N2O2/c1-10-7-11(2)16(18-9-10)15(17)12-3-4-13-14(8-12)20-6-5-19-13/h3-4,7-9,15H,5-6,17H2,1-2H3. The van der Waals surface area contributed by atoms with Crippen molar-refractivity contribution in [2.75, 3.05) is 13.2 Å². The van der Waals surface area contributed by atoms with Gasteiger partial charge in [-0.25, -0.2) is 0 Å². The maximum atomic E-state index is 6.34. The van der Waals surface area contributed by atoms with E-state index in [-0.39, 0.29) is 6.04 Å². The van der Waals surface area contributed by atoms with Crippen LogP contribution in [-0.2, 0) is 0 Å². The van der Waals surface area contributed by atoms with E-state index in [1.807, 2.05) is 38.2 Å². The third-order valence-electron chi connectivity index (χ3n) is 3.48. The summed E-state index contributed by atoms with van der Waals surface area (Å²) in [5.74, 6) is 1.54. The number of aromatic nitrogens is 1. The van der Waals surface area contributed by atoms with Crippen LogP contribution in [0, 0.1) is 13.8 Å². The molecule has 0 aliphatic carbocycles. The van der Waals surface area contributed by atoms with E-state index in [1.165, 1.54) is 0 Å². The lowest BCUT2D eigenvalue weighted by atomic mass is 9.99. The summed E-state index contributed by atoms with van der Waals surface area (Å²) in [7, 11) is 0. The molecule has 1 aromatic carbocycles. The lowest BCUT2D eigenvalue weighted by Gasteiger charge is -2.21. The average molecular weight is 270 g/mol. The number of hydrogen-bond acceptors (Lipinski definition) is 4. The van der Waals surface area contributed by atoms with Gasteiger partial charge in [-0.15, -0.1) is 0 Å². The van der Waals surface area contributed by atoms with Crippen molar-refractivity contribution in [1.29, 1.82) is 0 Å². The molecule has 2 N–H and O–H groups in total. The first-order chi connectivity index (χ1) is 9.65. The first-order valence-corrected chi connectivity index (χ1v) is 6.73. The number of benzene rings is 1. The highest BCUT2D eigenvalue weighted by Crippen LogP contribution is 2.33. The molecule has 2 heterocycles. The molecule has 0 bridgehead atoms. The number of rotatable bonds is 2. The highest BCUT2D eigenvalue weighted by molar-refractivity contribution is 5.46. The molecule has 1 aliphatic heterocycles. The van der Waals surface area contributed by atoms with Crippen molar-refractivity contribution < 1.29 is 9.47 Å². The largest absolute Gasteiger partial charge is 0.486 e. The molecule has 0 saturated carbocycles. The van der Waals surface area contributed by atoms with Gasteiger partial charge >= 0.3 is 0 Å². The fourth-order valence-electron chi connectivity index (χ4n) is 2.46. The normalized spacial score (nSPS) is 14.9. The molecule has 4 heteroatoms. The van der Waals surface area contributed by atoms with E-state index in [9.17, 15) is 0 Å². The highest BCUT2D eigenvalue weighted by Gasteiger charge is 2.17. The molecule has 2 aromatic rings. The molecule has 104 valence electrons. The van der Waals surface area contributed by atoms with Crippen LogP contribution in [0.1, 0.15) is 28.4 Å².